The number of aromatic nitrogens is 1. The van der Waals surface area contributed by atoms with Gasteiger partial charge in [-0.25, -0.2) is 4.79 Å². The van der Waals surface area contributed by atoms with Gasteiger partial charge in [-0.15, -0.1) is 0 Å². The molecule has 2 N–H and O–H groups in total. The molecule has 4 nitrogen and oxygen atoms in total. The molecule has 1 heterocycles. The largest absolute Gasteiger partial charge is 0.334 e. The minimum Gasteiger partial charge on any atom is -0.334 e. The molecular formula is C17H15N3O. The Hall–Kier alpha value is -2.88. The summed E-state index contributed by atoms with van der Waals surface area (Å²) in [6, 6.07) is 19.0. The van der Waals surface area contributed by atoms with Gasteiger partial charge in [0.2, 0.25) is 0 Å². The summed E-state index contributed by atoms with van der Waals surface area (Å²) in [5, 5.41) is 6.63. The second-order valence-corrected chi connectivity index (χ2v) is 4.67. The van der Waals surface area contributed by atoms with Gasteiger partial charge in [-0.05, 0) is 29.8 Å². The van der Waals surface area contributed by atoms with E-state index in [0.29, 0.717) is 6.54 Å². The Labute approximate surface area is 122 Å². The molecule has 1 aromatic heterocycles. The van der Waals surface area contributed by atoms with Crippen LogP contribution in [0.2, 0.25) is 0 Å². The van der Waals surface area contributed by atoms with Crippen LogP contribution in [0, 0.1) is 0 Å². The maximum absolute atomic E-state index is 12.0. The summed E-state index contributed by atoms with van der Waals surface area (Å²) < 4.78 is 0. The molecule has 0 unspecified atom stereocenters. The third-order valence-corrected chi connectivity index (χ3v) is 3.19. The van der Waals surface area contributed by atoms with Crippen molar-refractivity contribution in [3.05, 3.63) is 72.4 Å². The molecule has 0 aliphatic carbocycles. The minimum absolute atomic E-state index is 0.227. The molecule has 21 heavy (non-hydrogen) atoms. The zero-order valence-corrected chi connectivity index (χ0v) is 11.4. The number of pyridine rings is 1. The van der Waals surface area contributed by atoms with Crippen LogP contribution in [0.5, 0.6) is 0 Å². The first-order chi connectivity index (χ1) is 10.3. The molecule has 3 rings (SSSR count). The summed E-state index contributed by atoms with van der Waals surface area (Å²) >= 11 is 0. The van der Waals surface area contributed by atoms with E-state index < -0.39 is 0 Å². The van der Waals surface area contributed by atoms with Crippen LogP contribution < -0.4 is 10.6 Å². The SMILES string of the molecule is O=C(NCc1ccccc1)Nc1cccc2ncccc12. The first-order valence-corrected chi connectivity index (χ1v) is 6.75. The van der Waals surface area contributed by atoms with E-state index in [2.05, 4.69) is 15.6 Å². The number of nitrogens with zero attached hydrogens (tertiary/aromatic N) is 1. The number of benzene rings is 2. The van der Waals surface area contributed by atoms with Crippen LogP contribution in [0.4, 0.5) is 10.5 Å². The van der Waals surface area contributed by atoms with Crippen molar-refractivity contribution < 1.29 is 4.79 Å². The fraction of sp³-hybridized carbons (Fsp3) is 0.0588. The Kier molecular flexibility index (Phi) is 3.78. The average molecular weight is 277 g/mol. The van der Waals surface area contributed by atoms with Gasteiger partial charge in [0.15, 0.2) is 0 Å². The van der Waals surface area contributed by atoms with Gasteiger partial charge in [-0.3, -0.25) is 4.98 Å². The first kappa shape index (κ1) is 13.1. The maximum Gasteiger partial charge on any atom is 0.319 e. The van der Waals surface area contributed by atoms with Gasteiger partial charge >= 0.3 is 6.03 Å². The molecule has 0 saturated heterocycles. The van der Waals surface area contributed by atoms with E-state index in [-0.39, 0.29) is 6.03 Å². The molecule has 104 valence electrons. The molecule has 3 aromatic rings. The molecule has 4 heteroatoms. The quantitative estimate of drug-likeness (QED) is 0.769. The zero-order chi connectivity index (χ0) is 14.5. The number of hydrogen-bond acceptors (Lipinski definition) is 2. The lowest BCUT2D eigenvalue weighted by molar-refractivity contribution is 0.252. The molecule has 0 aliphatic heterocycles. The van der Waals surface area contributed by atoms with Crippen LogP contribution in [-0.2, 0) is 6.54 Å². The molecule has 0 aliphatic rings. The van der Waals surface area contributed by atoms with Crippen molar-refractivity contribution in [1.29, 1.82) is 0 Å². The molecule has 0 radical (unpaired) electrons. The minimum atomic E-state index is -0.227. The Morgan fingerprint density at radius 1 is 0.952 bits per heavy atom. The van der Waals surface area contributed by atoms with Crippen LogP contribution in [0.25, 0.3) is 10.9 Å². The van der Waals surface area contributed by atoms with Crippen molar-refractivity contribution in [2.45, 2.75) is 6.54 Å². The number of amides is 2. The third kappa shape index (κ3) is 3.17. The molecule has 0 bridgehead atoms. The Morgan fingerprint density at radius 3 is 2.67 bits per heavy atom. The summed E-state index contributed by atoms with van der Waals surface area (Å²) in [6.45, 7) is 0.496. The van der Waals surface area contributed by atoms with E-state index in [4.69, 9.17) is 0 Å². The van der Waals surface area contributed by atoms with Gasteiger partial charge in [-0.1, -0.05) is 36.4 Å². The fourth-order valence-electron chi connectivity index (χ4n) is 2.16. The van der Waals surface area contributed by atoms with Gasteiger partial charge in [0.05, 0.1) is 11.2 Å². The van der Waals surface area contributed by atoms with Crippen molar-refractivity contribution in [1.82, 2.24) is 10.3 Å². The molecule has 0 saturated carbocycles. The number of carbonyl (C=O) groups excluding carboxylic acids is 1. The number of rotatable bonds is 3. The van der Waals surface area contributed by atoms with Crippen molar-refractivity contribution >= 4 is 22.6 Å². The van der Waals surface area contributed by atoms with Crippen molar-refractivity contribution in [2.75, 3.05) is 5.32 Å². The standard InChI is InChI=1S/C17H15N3O/c21-17(19-12-13-6-2-1-3-7-13)20-16-10-4-9-15-14(16)8-5-11-18-15/h1-11H,12H2,(H2,19,20,21). The fourth-order valence-corrected chi connectivity index (χ4v) is 2.16. The normalized spacial score (nSPS) is 10.3. The Morgan fingerprint density at radius 2 is 1.81 bits per heavy atom. The number of anilines is 1. The summed E-state index contributed by atoms with van der Waals surface area (Å²) in [7, 11) is 0. The van der Waals surface area contributed by atoms with Gasteiger partial charge in [0, 0.05) is 18.1 Å². The van der Waals surface area contributed by atoms with Gasteiger partial charge in [0.25, 0.3) is 0 Å². The number of carbonyl (C=O) groups is 1. The van der Waals surface area contributed by atoms with Crippen LogP contribution >= 0.6 is 0 Å². The monoisotopic (exact) mass is 277 g/mol. The maximum atomic E-state index is 12.0. The molecular weight excluding hydrogens is 262 g/mol. The van der Waals surface area contributed by atoms with E-state index in [1.807, 2.05) is 60.7 Å². The van der Waals surface area contributed by atoms with E-state index in [0.717, 1.165) is 22.2 Å². The van der Waals surface area contributed by atoms with E-state index in [9.17, 15) is 4.79 Å². The molecule has 2 amide bonds. The molecule has 0 atom stereocenters. The van der Waals surface area contributed by atoms with Gasteiger partial charge < -0.3 is 10.6 Å². The number of hydrogen-bond donors (Lipinski definition) is 2. The Balaban J connectivity index is 1.69. The molecule has 2 aromatic carbocycles. The highest BCUT2D eigenvalue weighted by Crippen LogP contribution is 2.20. The number of urea groups is 1. The topological polar surface area (TPSA) is 54.0 Å². The first-order valence-electron chi connectivity index (χ1n) is 6.75. The lowest BCUT2D eigenvalue weighted by atomic mass is 10.2. The predicted molar refractivity (Wildman–Crippen MR) is 84.0 cm³/mol. The number of fused-ring (bicyclic) bond motifs is 1. The smallest absolute Gasteiger partial charge is 0.319 e. The van der Waals surface area contributed by atoms with Gasteiger partial charge in [0.1, 0.15) is 0 Å². The summed E-state index contributed by atoms with van der Waals surface area (Å²) in [5.41, 5.74) is 2.68. The molecule has 0 spiro atoms. The highest BCUT2D eigenvalue weighted by molar-refractivity contribution is 6.00. The van der Waals surface area contributed by atoms with E-state index >= 15 is 0 Å². The summed E-state index contributed by atoms with van der Waals surface area (Å²) in [6.07, 6.45) is 1.74. The van der Waals surface area contributed by atoms with E-state index in [1.165, 1.54) is 0 Å². The van der Waals surface area contributed by atoms with E-state index in [1.54, 1.807) is 6.20 Å². The molecule has 0 fully saturated rings. The van der Waals surface area contributed by atoms with Crippen LogP contribution in [0.15, 0.2) is 66.9 Å². The second kappa shape index (κ2) is 6.05. The Bertz CT molecular complexity index is 751. The van der Waals surface area contributed by atoms with Crippen LogP contribution in [-0.4, -0.2) is 11.0 Å². The van der Waals surface area contributed by atoms with Gasteiger partial charge in [-0.2, -0.15) is 0 Å². The van der Waals surface area contributed by atoms with Crippen molar-refractivity contribution in [3.63, 3.8) is 0 Å². The van der Waals surface area contributed by atoms with Crippen molar-refractivity contribution in [2.24, 2.45) is 0 Å². The third-order valence-electron chi connectivity index (χ3n) is 3.19. The lowest BCUT2D eigenvalue weighted by Gasteiger charge is -2.09. The number of nitrogens with one attached hydrogen (secondary N) is 2. The van der Waals surface area contributed by atoms with Crippen molar-refractivity contribution in [3.8, 4) is 0 Å². The second-order valence-electron chi connectivity index (χ2n) is 4.67. The highest BCUT2D eigenvalue weighted by atomic mass is 16.2. The highest BCUT2D eigenvalue weighted by Gasteiger charge is 2.05. The summed E-state index contributed by atoms with van der Waals surface area (Å²) in [4.78, 5) is 16.3. The summed E-state index contributed by atoms with van der Waals surface area (Å²) in [5.74, 6) is 0. The lowest BCUT2D eigenvalue weighted by Crippen LogP contribution is -2.28. The predicted octanol–water partition coefficient (Wildman–Crippen LogP) is 3.56. The van der Waals surface area contributed by atoms with Crippen LogP contribution in [0.3, 0.4) is 0 Å². The average Bonchev–Trinajstić information content (AvgIpc) is 2.54. The van der Waals surface area contributed by atoms with Crippen LogP contribution in [0.1, 0.15) is 5.56 Å². The zero-order valence-electron chi connectivity index (χ0n) is 11.4.